The molecular formula is C19H26FN5O3. The lowest BCUT2D eigenvalue weighted by Crippen LogP contribution is -2.47. The van der Waals surface area contributed by atoms with Crippen LogP contribution in [0.3, 0.4) is 0 Å². The number of carbonyl (C=O) groups excluding carboxylic acids is 3. The van der Waals surface area contributed by atoms with Crippen LogP contribution in [0, 0.1) is 11.7 Å². The lowest BCUT2D eigenvalue weighted by atomic mass is 9.98. The molecule has 0 saturated carbocycles. The second kappa shape index (κ2) is 9.01. The van der Waals surface area contributed by atoms with Crippen LogP contribution in [-0.2, 0) is 4.79 Å². The molecule has 2 aliphatic rings. The van der Waals surface area contributed by atoms with Gasteiger partial charge in [0.05, 0.1) is 11.6 Å². The van der Waals surface area contributed by atoms with Crippen molar-refractivity contribution in [3.05, 3.63) is 29.6 Å². The van der Waals surface area contributed by atoms with Crippen LogP contribution in [0.4, 0.5) is 14.9 Å². The predicted molar refractivity (Wildman–Crippen MR) is 102 cm³/mol. The van der Waals surface area contributed by atoms with Gasteiger partial charge in [-0.15, -0.1) is 0 Å². The van der Waals surface area contributed by atoms with Crippen LogP contribution in [0.5, 0.6) is 0 Å². The van der Waals surface area contributed by atoms with Crippen LogP contribution in [0.2, 0.25) is 0 Å². The van der Waals surface area contributed by atoms with Crippen molar-refractivity contribution in [2.24, 2.45) is 11.7 Å². The van der Waals surface area contributed by atoms with Crippen molar-refractivity contribution in [2.45, 2.75) is 31.7 Å². The standard InChI is InChI=1S/C19H26FN5O3/c20-15-6-5-13(9-14(15)17(21)26)24-19(28)25-8-2-3-12(11-25)10-23-18(27)16-4-1-7-22-16/h5-6,9,12,16,22H,1-4,7-8,10-11H2,(H2,21,26)(H,23,27)(H,24,28). The van der Waals surface area contributed by atoms with Crippen LogP contribution < -0.4 is 21.7 Å². The number of primary amides is 1. The van der Waals surface area contributed by atoms with E-state index in [-0.39, 0.29) is 29.5 Å². The minimum absolute atomic E-state index is 0.0179. The molecule has 0 bridgehead atoms. The molecule has 3 rings (SSSR count). The molecule has 28 heavy (non-hydrogen) atoms. The number of benzene rings is 1. The summed E-state index contributed by atoms with van der Waals surface area (Å²) in [5, 5.41) is 8.82. The molecule has 0 radical (unpaired) electrons. The Hall–Kier alpha value is -2.68. The van der Waals surface area contributed by atoms with Crippen LogP contribution >= 0.6 is 0 Å². The van der Waals surface area contributed by atoms with E-state index < -0.39 is 11.7 Å². The summed E-state index contributed by atoms with van der Waals surface area (Å²) in [6, 6.07) is 3.28. The Morgan fingerprint density at radius 1 is 1.25 bits per heavy atom. The zero-order valence-corrected chi connectivity index (χ0v) is 15.7. The van der Waals surface area contributed by atoms with Crippen molar-refractivity contribution in [1.82, 2.24) is 15.5 Å². The molecular weight excluding hydrogens is 365 g/mol. The number of likely N-dealkylation sites (tertiary alicyclic amines) is 1. The Bertz CT molecular complexity index is 751. The van der Waals surface area contributed by atoms with Crippen molar-refractivity contribution in [2.75, 3.05) is 31.5 Å². The molecule has 2 saturated heterocycles. The Morgan fingerprint density at radius 3 is 2.79 bits per heavy atom. The largest absolute Gasteiger partial charge is 0.366 e. The third kappa shape index (κ3) is 4.98. The summed E-state index contributed by atoms with van der Waals surface area (Å²) >= 11 is 0. The molecule has 2 atom stereocenters. The molecule has 0 aromatic heterocycles. The first-order valence-electron chi connectivity index (χ1n) is 9.60. The molecule has 2 aliphatic heterocycles. The molecule has 2 heterocycles. The van der Waals surface area contributed by atoms with Gasteiger partial charge in [-0.05, 0) is 56.3 Å². The zero-order chi connectivity index (χ0) is 20.1. The van der Waals surface area contributed by atoms with Crippen molar-refractivity contribution in [1.29, 1.82) is 0 Å². The van der Waals surface area contributed by atoms with Gasteiger partial charge < -0.3 is 26.6 Å². The van der Waals surface area contributed by atoms with E-state index in [1.807, 2.05) is 0 Å². The molecule has 152 valence electrons. The molecule has 2 fully saturated rings. The number of nitrogens with one attached hydrogen (secondary N) is 3. The van der Waals surface area contributed by atoms with Crippen LogP contribution in [0.1, 0.15) is 36.0 Å². The summed E-state index contributed by atoms with van der Waals surface area (Å²) in [7, 11) is 0. The number of carbonyl (C=O) groups is 3. The normalized spacial score (nSPS) is 22.0. The minimum Gasteiger partial charge on any atom is -0.366 e. The van der Waals surface area contributed by atoms with Crippen LogP contribution in [0.25, 0.3) is 0 Å². The fourth-order valence-electron chi connectivity index (χ4n) is 3.69. The summed E-state index contributed by atoms with van der Waals surface area (Å²) in [4.78, 5) is 37.6. The number of hydrogen-bond acceptors (Lipinski definition) is 4. The molecule has 4 amide bonds. The fourth-order valence-corrected chi connectivity index (χ4v) is 3.69. The topological polar surface area (TPSA) is 117 Å². The predicted octanol–water partition coefficient (Wildman–Crippen LogP) is 1.04. The van der Waals surface area contributed by atoms with E-state index in [1.165, 1.54) is 12.1 Å². The number of anilines is 1. The van der Waals surface area contributed by atoms with E-state index >= 15 is 0 Å². The number of piperidine rings is 1. The number of halogens is 1. The lowest BCUT2D eigenvalue weighted by molar-refractivity contribution is -0.123. The maximum atomic E-state index is 13.6. The number of rotatable bonds is 5. The van der Waals surface area contributed by atoms with E-state index in [0.717, 1.165) is 38.3 Å². The van der Waals surface area contributed by atoms with Gasteiger partial charge in [-0.25, -0.2) is 9.18 Å². The summed E-state index contributed by atoms with van der Waals surface area (Å²) in [5.74, 6) is -1.42. The summed E-state index contributed by atoms with van der Waals surface area (Å²) in [6.07, 6.45) is 3.64. The number of nitrogens with zero attached hydrogens (tertiary/aromatic N) is 1. The van der Waals surface area contributed by atoms with E-state index in [9.17, 15) is 18.8 Å². The summed E-state index contributed by atoms with van der Waals surface area (Å²) < 4.78 is 13.6. The first-order chi connectivity index (χ1) is 13.4. The maximum absolute atomic E-state index is 13.6. The van der Waals surface area contributed by atoms with Gasteiger partial charge in [-0.1, -0.05) is 0 Å². The van der Waals surface area contributed by atoms with E-state index in [4.69, 9.17) is 5.73 Å². The maximum Gasteiger partial charge on any atom is 0.321 e. The first kappa shape index (κ1) is 20.1. The highest BCUT2D eigenvalue weighted by Crippen LogP contribution is 2.19. The highest BCUT2D eigenvalue weighted by Gasteiger charge is 2.26. The highest BCUT2D eigenvalue weighted by molar-refractivity contribution is 5.96. The Kier molecular flexibility index (Phi) is 6.45. The van der Waals surface area contributed by atoms with Gasteiger partial charge >= 0.3 is 6.03 Å². The Balaban J connectivity index is 1.52. The third-order valence-corrected chi connectivity index (χ3v) is 5.23. The second-order valence-electron chi connectivity index (χ2n) is 7.34. The van der Waals surface area contributed by atoms with Gasteiger partial charge in [0.1, 0.15) is 5.82 Å². The van der Waals surface area contributed by atoms with Crippen molar-refractivity contribution >= 4 is 23.5 Å². The number of urea groups is 1. The van der Waals surface area contributed by atoms with E-state index in [0.29, 0.717) is 25.3 Å². The summed E-state index contributed by atoms with van der Waals surface area (Å²) in [6.45, 7) is 2.53. The van der Waals surface area contributed by atoms with Gasteiger partial charge in [0.2, 0.25) is 5.91 Å². The SMILES string of the molecule is NC(=O)c1cc(NC(=O)N2CCCC(CNC(=O)C3CCCN3)C2)ccc1F. The molecule has 0 aliphatic carbocycles. The van der Waals surface area contributed by atoms with Crippen LogP contribution in [-0.4, -0.2) is 55.0 Å². The lowest BCUT2D eigenvalue weighted by Gasteiger charge is -2.33. The van der Waals surface area contributed by atoms with Gasteiger partial charge in [-0.2, -0.15) is 0 Å². The van der Waals surface area contributed by atoms with Gasteiger partial charge in [0.15, 0.2) is 0 Å². The van der Waals surface area contributed by atoms with Crippen molar-refractivity contribution in [3.8, 4) is 0 Å². The average molecular weight is 391 g/mol. The third-order valence-electron chi connectivity index (χ3n) is 5.23. The van der Waals surface area contributed by atoms with Gasteiger partial charge in [0.25, 0.3) is 5.91 Å². The molecule has 8 nitrogen and oxygen atoms in total. The van der Waals surface area contributed by atoms with Gasteiger partial charge in [-0.3, -0.25) is 9.59 Å². The fraction of sp³-hybridized carbons (Fsp3) is 0.526. The molecule has 5 N–H and O–H groups in total. The van der Waals surface area contributed by atoms with Crippen LogP contribution in [0.15, 0.2) is 18.2 Å². The molecule has 9 heteroatoms. The number of amides is 4. The molecule has 1 aromatic rings. The smallest absolute Gasteiger partial charge is 0.321 e. The Morgan fingerprint density at radius 2 is 2.07 bits per heavy atom. The Labute approximate surface area is 163 Å². The first-order valence-corrected chi connectivity index (χ1v) is 9.60. The second-order valence-corrected chi connectivity index (χ2v) is 7.34. The monoisotopic (exact) mass is 391 g/mol. The summed E-state index contributed by atoms with van der Waals surface area (Å²) in [5.41, 5.74) is 5.18. The zero-order valence-electron chi connectivity index (χ0n) is 15.7. The quantitative estimate of drug-likeness (QED) is 0.600. The minimum atomic E-state index is -0.890. The average Bonchev–Trinajstić information content (AvgIpc) is 3.22. The molecule has 0 spiro atoms. The van der Waals surface area contributed by atoms with Crippen molar-refractivity contribution < 1.29 is 18.8 Å². The van der Waals surface area contributed by atoms with Gasteiger partial charge in [0, 0.05) is 25.3 Å². The van der Waals surface area contributed by atoms with E-state index in [1.54, 1.807) is 4.90 Å². The molecule has 1 aromatic carbocycles. The highest BCUT2D eigenvalue weighted by atomic mass is 19.1. The molecule has 2 unspecified atom stereocenters. The van der Waals surface area contributed by atoms with E-state index in [2.05, 4.69) is 16.0 Å². The number of nitrogens with two attached hydrogens (primary N) is 1. The number of hydrogen-bond donors (Lipinski definition) is 4. The van der Waals surface area contributed by atoms with Crippen molar-refractivity contribution in [3.63, 3.8) is 0 Å².